The highest BCUT2D eigenvalue weighted by Crippen LogP contribution is 2.08. The van der Waals surface area contributed by atoms with Gasteiger partial charge in [0, 0.05) is 19.6 Å². The van der Waals surface area contributed by atoms with Gasteiger partial charge in [-0.15, -0.1) is 0 Å². The van der Waals surface area contributed by atoms with Gasteiger partial charge in [0.05, 0.1) is 5.56 Å². The van der Waals surface area contributed by atoms with Crippen LogP contribution in [0.5, 0.6) is 0 Å². The summed E-state index contributed by atoms with van der Waals surface area (Å²) in [5, 5.41) is 8.23. The van der Waals surface area contributed by atoms with Crippen LogP contribution >= 0.6 is 0 Å². The molecule has 1 fully saturated rings. The summed E-state index contributed by atoms with van der Waals surface area (Å²) >= 11 is 0. The second kappa shape index (κ2) is 11.5. The molecule has 1 saturated heterocycles. The van der Waals surface area contributed by atoms with Crippen LogP contribution in [0.25, 0.3) is 0 Å². The number of hydrogen-bond donors (Lipinski definition) is 3. The minimum Gasteiger partial charge on any atom is -0.352 e. The Bertz CT molecular complexity index is 576. The summed E-state index contributed by atoms with van der Waals surface area (Å²) in [6.07, 6.45) is 5.27. The van der Waals surface area contributed by atoms with Crippen LogP contribution in [0, 0.1) is 5.82 Å². The van der Waals surface area contributed by atoms with Crippen LogP contribution in [0.15, 0.2) is 24.3 Å². The molecule has 144 valence electrons. The van der Waals surface area contributed by atoms with E-state index >= 15 is 0 Å². The third kappa shape index (κ3) is 7.39. The van der Waals surface area contributed by atoms with Gasteiger partial charge in [-0.1, -0.05) is 12.1 Å². The van der Waals surface area contributed by atoms with E-state index in [-0.39, 0.29) is 11.6 Å². The first-order valence-corrected chi connectivity index (χ1v) is 9.43. The predicted octanol–water partition coefficient (Wildman–Crippen LogP) is 2.12. The maximum Gasteiger partial charge on any atom is 0.314 e. The number of unbranched alkanes of at least 4 members (excludes halogenated alkanes) is 1. The summed E-state index contributed by atoms with van der Waals surface area (Å²) in [7, 11) is 0. The van der Waals surface area contributed by atoms with Gasteiger partial charge in [-0.05, 0) is 63.9 Å². The van der Waals surface area contributed by atoms with Crippen molar-refractivity contribution in [2.24, 2.45) is 0 Å². The van der Waals surface area contributed by atoms with Gasteiger partial charge in [0.25, 0.3) is 5.91 Å². The number of likely N-dealkylation sites (tertiary alicyclic amines) is 1. The van der Waals surface area contributed by atoms with Crippen molar-refractivity contribution in [3.05, 3.63) is 35.6 Å². The zero-order chi connectivity index (χ0) is 18.6. The van der Waals surface area contributed by atoms with Crippen LogP contribution < -0.4 is 16.0 Å². The number of carbonyl (C=O) groups excluding carboxylic acids is 2. The number of rotatable bonds is 10. The Morgan fingerprint density at radius 2 is 1.58 bits per heavy atom. The number of amides is 3. The molecule has 0 saturated carbocycles. The second-order valence-corrected chi connectivity index (χ2v) is 6.53. The van der Waals surface area contributed by atoms with E-state index in [0.717, 1.165) is 19.4 Å². The van der Waals surface area contributed by atoms with Crippen LogP contribution in [-0.4, -0.2) is 56.1 Å². The van der Waals surface area contributed by atoms with Gasteiger partial charge in [-0.2, -0.15) is 0 Å². The molecule has 1 heterocycles. The molecule has 26 heavy (non-hydrogen) atoms. The molecule has 0 aromatic heterocycles. The summed E-state index contributed by atoms with van der Waals surface area (Å²) in [5.74, 6) is -0.974. The molecule has 3 N–H and O–H groups in total. The lowest BCUT2D eigenvalue weighted by Gasteiger charge is -2.14. The largest absolute Gasteiger partial charge is 0.352 e. The SMILES string of the molecule is O=C(NCCCCN1CCCC1)NCCCNC(=O)c1ccccc1F. The Morgan fingerprint density at radius 3 is 2.31 bits per heavy atom. The van der Waals surface area contributed by atoms with Gasteiger partial charge in [0.1, 0.15) is 5.82 Å². The number of urea groups is 1. The average molecular weight is 364 g/mol. The first-order valence-electron chi connectivity index (χ1n) is 9.43. The number of halogens is 1. The van der Waals surface area contributed by atoms with Crippen LogP contribution in [0.4, 0.5) is 9.18 Å². The van der Waals surface area contributed by atoms with Crippen molar-refractivity contribution in [1.82, 2.24) is 20.9 Å². The van der Waals surface area contributed by atoms with E-state index in [9.17, 15) is 14.0 Å². The number of carbonyl (C=O) groups is 2. The van der Waals surface area contributed by atoms with Crippen molar-refractivity contribution in [2.75, 3.05) is 39.3 Å². The zero-order valence-corrected chi connectivity index (χ0v) is 15.2. The molecule has 6 nitrogen and oxygen atoms in total. The highest BCUT2D eigenvalue weighted by Gasteiger charge is 2.11. The molecule has 0 unspecified atom stereocenters. The summed E-state index contributed by atoms with van der Waals surface area (Å²) in [5.41, 5.74) is 0.0344. The molecule has 1 aliphatic heterocycles. The molecule has 2 rings (SSSR count). The fourth-order valence-electron chi connectivity index (χ4n) is 2.96. The molecule has 3 amide bonds. The lowest BCUT2D eigenvalue weighted by atomic mass is 10.2. The van der Waals surface area contributed by atoms with Gasteiger partial charge < -0.3 is 20.9 Å². The molecular formula is C19H29FN4O2. The molecule has 1 aliphatic rings. The van der Waals surface area contributed by atoms with E-state index in [0.29, 0.717) is 26.1 Å². The molecule has 0 aliphatic carbocycles. The molecule has 7 heteroatoms. The van der Waals surface area contributed by atoms with Gasteiger partial charge in [-0.25, -0.2) is 9.18 Å². The number of nitrogens with one attached hydrogen (secondary N) is 3. The van der Waals surface area contributed by atoms with Crippen molar-refractivity contribution >= 4 is 11.9 Å². The Kier molecular flexibility index (Phi) is 8.89. The van der Waals surface area contributed by atoms with E-state index < -0.39 is 11.7 Å². The minimum atomic E-state index is -0.535. The van der Waals surface area contributed by atoms with Gasteiger partial charge in [0.15, 0.2) is 0 Å². The highest BCUT2D eigenvalue weighted by atomic mass is 19.1. The van der Waals surface area contributed by atoms with Crippen molar-refractivity contribution in [3.8, 4) is 0 Å². The molecule has 1 aromatic rings. The van der Waals surface area contributed by atoms with Crippen LogP contribution in [0.2, 0.25) is 0 Å². The monoisotopic (exact) mass is 364 g/mol. The Hall–Kier alpha value is -2.15. The Balaban J connectivity index is 1.44. The highest BCUT2D eigenvalue weighted by molar-refractivity contribution is 5.94. The maximum atomic E-state index is 13.5. The average Bonchev–Trinajstić information content (AvgIpc) is 3.15. The fraction of sp³-hybridized carbons (Fsp3) is 0.579. The summed E-state index contributed by atoms with van der Waals surface area (Å²) in [6.45, 7) is 5.04. The van der Waals surface area contributed by atoms with Gasteiger partial charge in [0.2, 0.25) is 0 Å². The molecular weight excluding hydrogens is 335 g/mol. The third-order valence-electron chi connectivity index (χ3n) is 4.43. The second-order valence-electron chi connectivity index (χ2n) is 6.53. The van der Waals surface area contributed by atoms with E-state index in [2.05, 4.69) is 20.9 Å². The Morgan fingerprint density at radius 1 is 0.923 bits per heavy atom. The molecule has 1 aromatic carbocycles. The fourth-order valence-corrected chi connectivity index (χ4v) is 2.96. The summed E-state index contributed by atoms with van der Waals surface area (Å²) < 4.78 is 13.5. The van der Waals surface area contributed by atoms with Crippen molar-refractivity contribution < 1.29 is 14.0 Å². The van der Waals surface area contributed by atoms with Gasteiger partial charge in [-0.3, -0.25) is 4.79 Å². The summed E-state index contributed by atoms with van der Waals surface area (Å²) in [4.78, 5) is 25.9. The maximum absolute atomic E-state index is 13.5. The van der Waals surface area contributed by atoms with Gasteiger partial charge >= 0.3 is 6.03 Å². The van der Waals surface area contributed by atoms with Crippen LogP contribution in [0.1, 0.15) is 42.5 Å². The predicted molar refractivity (Wildman–Crippen MR) is 99.7 cm³/mol. The zero-order valence-electron chi connectivity index (χ0n) is 15.2. The molecule has 0 spiro atoms. The summed E-state index contributed by atoms with van der Waals surface area (Å²) in [6, 6.07) is 5.67. The molecule has 0 radical (unpaired) electrons. The lowest BCUT2D eigenvalue weighted by Crippen LogP contribution is -2.37. The topological polar surface area (TPSA) is 73.5 Å². The van der Waals surface area contributed by atoms with E-state index in [4.69, 9.17) is 0 Å². The number of benzene rings is 1. The van der Waals surface area contributed by atoms with E-state index in [1.54, 1.807) is 12.1 Å². The standard InChI is InChI=1S/C19H29FN4O2/c20-17-9-2-1-8-16(17)18(25)21-11-7-12-23-19(26)22-10-3-4-13-24-14-5-6-15-24/h1-2,8-9H,3-7,10-15H2,(H,21,25)(H2,22,23,26). The van der Waals surface area contributed by atoms with E-state index in [1.165, 1.54) is 38.1 Å². The first-order chi connectivity index (χ1) is 12.7. The number of nitrogens with zero attached hydrogens (tertiary/aromatic N) is 1. The Labute approximate surface area is 154 Å². The van der Waals surface area contributed by atoms with Crippen molar-refractivity contribution in [2.45, 2.75) is 32.1 Å². The van der Waals surface area contributed by atoms with E-state index in [1.807, 2.05) is 0 Å². The molecule has 0 atom stereocenters. The normalized spacial score (nSPS) is 14.2. The minimum absolute atomic E-state index is 0.0344. The van der Waals surface area contributed by atoms with Crippen LogP contribution in [-0.2, 0) is 0 Å². The third-order valence-corrected chi connectivity index (χ3v) is 4.43. The first kappa shape index (κ1) is 20.2. The lowest BCUT2D eigenvalue weighted by molar-refractivity contribution is 0.0949. The molecule has 0 bridgehead atoms. The van der Waals surface area contributed by atoms with Crippen molar-refractivity contribution in [3.63, 3.8) is 0 Å². The smallest absolute Gasteiger partial charge is 0.314 e. The number of hydrogen-bond acceptors (Lipinski definition) is 3. The quantitative estimate of drug-likeness (QED) is 0.557. The van der Waals surface area contributed by atoms with Crippen molar-refractivity contribution in [1.29, 1.82) is 0 Å². The van der Waals surface area contributed by atoms with Crippen LogP contribution in [0.3, 0.4) is 0 Å².